The lowest BCUT2D eigenvalue weighted by Gasteiger charge is -2.37. The molecule has 2 aliphatic rings. The number of amides is 2. The van der Waals surface area contributed by atoms with E-state index in [2.05, 4.69) is 11.5 Å². The first-order chi connectivity index (χ1) is 18.0. The summed E-state index contributed by atoms with van der Waals surface area (Å²) in [6, 6.07) is 21.8. The van der Waals surface area contributed by atoms with Gasteiger partial charge in [-0.3, -0.25) is 9.59 Å². The predicted molar refractivity (Wildman–Crippen MR) is 140 cm³/mol. The topological polar surface area (TPSA) is 79.3 Å². The maximum absolute atomic E-state index is 12.9. The van der Waals surface area contributed by atoms with Crippen LogP contribution in [0.1, 0.15) is 56.2 Å². The highest BCUT2D eigenvalue weighted by molar-refractivity contribution is 6.34. The molecule has 3 atom stereocenters. The Labute approximate surface area is 216 Å². The third-order valence-corrected chi connectivity index (χ3v) is 6.79. The van der Waals surface area contributed by atoms with Gasteiger partial charge in [-0.05, 0) is 42.4 Å². The van der Waals surface area contributed by atoms with Crippen LogP contribution in [0.2, 0.25) is 0 Å². The maximum atomic E-state index is 12.9. The van der Waals surface area contributed by atoms with Gasteiger partial charge in [-0.1, -0.05) is 54.6 Å². The summed E-state index contributed by atoms with van der Waals surface area (Å²) in [6.45, 7) is 5.27. The standard InChI is InChI=1S/C30H30N2O5/c1-3-16-31(2)18-24-17-27(21-10-8-20(19-33)9-11-21)37-30(36-24)22-12-14-23(15-13-22)32-28(34)25-6-4-5-7-26(25)29(32)35/h3-15,24,27,30,33H,1,16-19H2,2H3/t24-,27+,30+/m1/s1. The fourth-order valence-electron chi connectivity index (χ4n) is 4.88. The molecular weight excluding hydrogens is 468 g/mol. The van der Waals surface area contributed by atoms with E-state index in [1.807, 2.05) is 49.5 Å². The molecule has 1 saturated heterocycles. The van der Waals surface area contributed by atoms with E-state index in [4.69, 9.17) is 9.47 Å². The highest BCUT2D eigenvalue weighted by Crippen LogP contribution is 2.39. The van der Waals surface area contributed by atoms with E-state index in [1.165, 1.54) is 4.90 Å². The molecule has 1 N–H and O–H groups in total. The highest BCUT2D eigenvalue weighted by atomic mass is 16.7. The molecule has 2 aliphatic heterocycles. The van der Waals surface area contributed by atoms with Crippen LogP contribution >= 0.6 is 0 Å². The lowest BCUT2D eigenvalue weighted by atomic mass is 9.99. The lowest BCUT2D eigenvalue weighted by molar-refractivity contribution is -0.252. The third kappa shape index (κ3) is 5.12. The van der Waals surface area contributed by atoms with Crippen molar-refractivity contribution in [2.45, 2.75) is 31.5 Å². The van der Waals surface area contributed by atoms with Crippen molar-refractivity contribution in [2.75, 3.05) is 25.0 Å². The SMILES string of the molecule is C=CCN(C)C[C@H]1C[C@@H](c2ccc(CO)cc2)O[C@@H](c2ccc(N3C(=O)c4ccccc4C3=O)cc2)O1. The second kappa shape index (κ2) is 10.8. The number of hydrogen-bond acceptors (Lipinski definition) is 6. The average Bonchev–Trinajstić information content (AvgIpc) is 3.18. The summed E-state index contributed by atoms with van der Waals surface area (Å²) in [4.78, 5) is 29.1. The minimum atomic E-state index is -0.616. The van der Waals surface area contributed by atoms with Gasteiger partial charge in [0.2, 0.25) is 0 Å². The fourth-order valence-corrected chi connectivity index (χ4v) is 4.88. The summed E-state index contributed by atoms with van der Waals surface area (Å²) in [5.74, 6) is -0.648. The summed E-state index contributed by atoms with van der Waals surface area (Å²) in [6.07, 6.45) is 1.66. The molecule has 7 heteroatoms. The van der Waals surface area contributed by atoms with Gasteiger partial charge in [-0.15, -0.1) is 6.58 Å². The van der Waals surface area contributed by atoms with Crippen LogP contribution in [0.25, 0.3) is 0 Å². The van der Waals surface area contributed by atoms with E-state index in [-0.39, 0.29) is 30.6 Å². The number of rotatable bonds is 8. The van der Waals surface area contributed by atoms with E-state index >= 15 is 0 Å². The van der Waals surface area contributed by atoms with E-state index in [1.54, 1.807) is 36.4 Å². The molecule has 37 heavy (non-hydrogen) atoms. The summed E-state index contributed by atoms with van der Waals surface area (Å²) in [7, 11) is 2.03. The van der Waals surface area contributed by atoms with Gasteiger partial charge in [0.15, 0.2) is 6.29 Å². The summed E-state index contributed by atoms with van der Waals surface area (Å²) in [5, 5.41) is 9.40. The molecule has 1 fully saturated rings. The first kappa shape index (κ1) is 25.0. The zero-order valence-electron chi connectivity index (χ0n) is 20.7. The molecule has 0 spiro atoms. The van der Waals surface area contributed by atoms with E-state index in [0.717, 1.165) is 23.2 Å². The molecule has 2 heterocycles. The van der Waals surface area contributed by atoms with Gasteiger partial charge in [-0.25, -0.2) is 4.90 Å². The van der Waals surface area contributed by atoms with Gasteiger partial charge in [0.1, 0.15) is 0 Å². The van der Waals surface area contributed by atoms with Crippen LogP contribution in [0.3, 0.4) is 0 Å². The van der Waals surface area contributed by atoms with E-state index in [0.29, 0.717) is 29.8 Å². The predicted octanol–water partition coefficient (Wildman–Crippen LogP) is 4.64. The largest absolute Gasteiger partial charge is 0.392 e. The Morgan fingerprint density at radius 3 is 2.16 bits per heavy atom. The first-order valence-electron chi connectivity index (χ1n) is 12.4. The smallest absolute Gasteiger partial charge is 0.266 e. The quantitative estimate of drug-likeness (QED) is 0.360. The number of fused-ring (bicyclic) bond motifs is 1. The van der Waals surface area contributed by atoms with Crippen molar-refractivity contribution in [3.8, 4) is 0 Å². The van der Waals surface area contributed by atoms with Gasteiger partial charge in [-0.2, -0.15) is 0 Å². The number of aliphatic hydroxyl groups excluding tert-OH is 1. The van der Waals surface area contributed by atoms with Crippen molar-refractivity contribution in [3.63, 3.8) is 0 Å². The number of hydrogen-bond donors (Lipinski definition) is 1. The van der Waals surface area contributed by atoms with Gasteiger partial charge in [0.25, 0.3) is 11.8 Å². The van der Waals surface area contributed by atoms with Crippen LogP contribution in [0.5, 0.6) is 0 Å². The van der Waals surface area contributed by atoms with Crippen LogP contribution in [0.4, 0.5) is 5.69 Å². The van der Waals surface area contributed by atoms with Gasteiger partial charge in [0, 0.05) is 25.1 Å². The van der Waals surface area contributed by atoms with Gasteiger partial charge >= 0.3 is 0 Å². The number of carbonyl (C=O) groups is 2. The molecule has 0 saturated carbocycles. The second-order valence-electron chi connectivity index (χ2n) is 9.44. The zero-order chi connectivity index (χ0) is 25.9. The number of ether oxygens (including phenoxy) is 2. The molecular formula is C30H30N2O5. The monoisotopic (exact) mass is 498 g/mol. The molecule has 0 unspecified atom stereocenters. The van der Waals surface area contributed by atoms with Gasteiger partial charge in [0.05, 0.1) is 35.6 Å². The number of imide groups is 1. The fraction of sp³-hybridized carbons (Fsp3) is 0.267. The van der Waals surface area contributed by atoms with Crippen molar-refractivity contribution >= 4 is 17.5 Å². The molecule has 190 valence electrons. The molecule has 0 aliphatic carbocycles. The average molecular weight is 499 g/mol. The normalized spacial score (nSPS) is 21.4. The van der Waals surface area contributed by atoms with Crippen LogP contribution in [-0.2, 0) is 16.1 Å². The first-order valence-corrected chi connectivity index (χ1v) is 12.4. The summed E-state index contributed by atoms with van der Waals surface area (Å²) < 4.78 is 12.7. The summed E-state index contributed by atoms with van der Waals surface area (Å²) >= 11 is 0. The molecule has 2 amide bonds. The molecule has 7 nitrogen and oxygen atoms in total. The Hall–Kier alpha value is -3.62. The Morgan fingerprint density at radius 1 is 0.946 bits per heavy atom. The number of benzene rings is 3. The van der Waals surface area contributed by atoms with Crippen LogP contribution in [-0.4, -0.2) is 48.1 Å². The molecule has 5 rings (SSSR count). The van der Waals surface area contributed by atoms with Gasteiger partial charge < -0.3 is 19.5 Å². The lowest BCUT2D eigenvalue weighted by Crippen LogP contribution is -2.37. The number of nitrogens with zero attached hydrogens (tertiary/aromatic N) is 2. The Balaban J connectivity index is 1.37. The summed E-state index contributed by atoms with van der Waals surface area (Å²) in [5.41, 5.74) is 4.00. The Morgan fingerprint density at radius 2 is 1.57 bits per heavy atom. The van der Waals surface area contributed by atoms with Crippen LogP contribution in [0.15, 0.2) is 85.5 Å². The van der Waals surface area contributed by atoms with Crippen LogP contribution < -0.4 is 4.90 Å². The Kier molecular flexibility index (Phi) is 7.30. The zero-order valence-corrected chi connectivity index (χ0v) is 20.7. The van der Waals surface area contributed by atoms with E-state index in [9.17, 15) is 14.7 Å². The van der Waals surface area contributed by atoms with Crippen molar-refractivity contribution in [2.24, 2.45) is 0 Å². The maximum Gasteiger partial charge on any atom is 0.266 e. The number of likely N-dealkylation sites (N-methyl/N-ethyl adjacent to an activating group) is 1. The number of anilines is 1. The molecule has 0 radical (unpaired) electrons. The van der Waals surface area contributed by atoms with Crippen LogP contribution in [0, 0.1) is 0 Å². The van der Waals surface area contributed by atoms with Crippen molar-refractivity contribution < 1.29 is 24.2 Å². The third-order valence-electron chi connectivity index (χ3n) is 6.79. The minimum Gasteiger partial charge on any atom is -0.392 e. The number of aliphatic hydroxyl groups is 1. The van der Waals surface area contributed by atoms with Crippen molar-refractivity contribution in [1.29, 1.82) is 0 Å². The van der Waals surface area contributed by atoms with E-state index < -0.39 is 6.29 Å². The minimum absolute atomic E-state index is 0.00797. The Bertz CT molecular complexity index is 1250. The van der Waals surface area contributed by atoms with Crippen molar-refractivity contribution in [3.05, 3.63) is 113 Å². The molecule has 3 aromatic rings. The molecule has 3 aromatic carbocycles. The number of carbonyl (C=O) groups excluding carboxylic acids is 2. The van der Waals surface area contributed by atoms with Crippen molar-refractivity contribution in [1.82, 2.24) is 4.90 Å². The highest BCUT2D eigenvalue weighted by Gasteiger charge is 2.37. The molecule has 0 bridgehead atoms. The molecule has 0 aromatic heterocycles. The second-order valence-corrected chi connectivity index (χ2v) is 9.44.